The third-order valence-corrected chi connectivity index (χ3v) is 5.47. The molecule has 3 aromatic rings. The summed E-state index contributed by atoms with van der Waals surface area (Å²) in [5.74, 6) is -0.127. The monoisotopic (exact) mass is 447 g/mol. The van der Waals surface area contributed by atoms with Crippen LogP contribution >= 0.6 is 0 Å². The van der Waals surface area contributed by atoms with Crippen LogP contribution in [0.2, 0.25) is 0 Å². The average Bonchev–Trinajstić information content (AvgIpc) is 2.85. The second kappa shape index (κ2) is 11.7. The number of ether oxygens (including phenoxy) is 2. The number of carboxylic acid groups (broad SMARTS) is 1. The Hall–Kier alpha value is -3.80. The lowest BCUT2D eigenvalue weighted by Crippen LogP contribution is -2.23. The molecule has 0 radical (unpaired) electrons. The van der Waals surface area contributed by atoms with Crippen LogP contribution in [0.3, 0.4) is 0 Å². The molecule has 0 aliphatic heterocycles. The number of benzene rings is 3. The zero-order valence-corrected chi connectivity index (χ0v) is 18.9. The minimum atomic E-state index is -0.806. The molecular formula is C27H29NO5. The van der Waals surface area contributed by atoms with Crippen molar-refractivity contribution in [3.8, 4) is 11.5 Å². The van der Waals surface area contributed by atoms with E-state index >= 15 is 0 Å². The predicted octanol–water partition coefficient (Wildman–Crippen LogP) is 4.86. The Morgan fingerprint density at radius 2 is 1.70 bits per heavy atom. The number of aliphatic carboxylic acids is 1. The highest BCUT2D eigenvalue weighted by Crippen LogP contribution is 2.23. The van der Waals surface area contributed by atoms with Crippen LogP contribution in [0, 0.1) is 5.92 Å². The van der Waals surface area contributed by atoms with Crippen molar-refractivity contribution < 1.29 is 24.2 Å². The lowest BCUT2D eigenvalue weighted by Gasteiger charge is -2.14. The van der Waals surface area contributed by atoms with Gasteiger partial charge in [-0.1, -0.05) is 49.4 Å². The number of carboxylic acids is 1. The first kappa shape index (κ1) is 23.9. The summed E-state index contributed by atoms with van der Waals surface area (Å²) in [6, 6.07) is 22.4. The van der Waals surface area contributed by atoms with Gasteiger partial charge in [-0.05, 0) is 54.3 Å². The van der Waals surface area contributed by atoms with Crippen LogP contribution in [0.5, 0.6) is 11.5 Å². The molecule has 3 rings (SSSR count). The molecule has 0 aliphatic rings. The smallest absolute Gasteiger partial charge is 0.306 e. The predicted molar refractivity (Wildman–Crippen MR) is 127 cm³/mol. The third kappa shape index (κ3) is 6.84. The Kier molecular flexibility index (Phi) is 8.47. The highest BCUT2D eigenvalue weighted by molar-refractivity contribution is 5.94. The van der Waals surface area contributed by atoms with Crippen LogP contribution in [0.4, 0.5) is 0 Å². The molecule has 1 amide bonds. The number of amides is 1. The fraction of sp³-hybridized carbons (Fsp3) is 0.259. The van der Waals surface area contributed by atoms with Gasteiger partial charge in [0.25, 0.3) is 5.91 Å². The van der Waals surface area contributed by atoms with Gasteiger partial charge in [0.1, 0.15) is 18.1 Å². The average molecular weight is 448 g/mol. The van der Waals surface area contributed by atoms with Gasteiger partial charge in [0.05, 0.1) is 13.0 Å². The summed E-state index contributed by atoms with van der Waals surface area (Å²) >= 11 is 0. The SMILES string of the molecule is CCC(Cc1ccc(OC)c(CNC(=O)c2ccc(OCc3ccccc3)cc2)c1)C(=O)O. The summed E-state index contributed by atoms with van der Waals surface area (Å²) in [6.07, 6.45) is 0.986. The molecule has 172 valence electrons. The quantitative estimate of drug-likeness (QED) is 0.439. The lowest BCUT2D eigenvalue weighted by molar-refractivity contribution is -0.141. The van der Waals surface area contributed by atoms with E-state index in [9.17, 15) is 14.7 Å². The maximum absolute atomic E-state index is 12.6. The second-order valence-corrected chi connectivity index (χ2v) is 7.78. The number of hydrogen-bond acceptors (Lipinski definition) is 4. The van der Waals surface area contributed by atoms with Gasteiger partial charge in [0.15, 0.2) is 0 Å². The van der Waals surface area contributed by atoms with Crippen molar-refractivity contribution in [2.45, 2.75) is 32.9 Å². The van der Waals surface area contributed by atoms with Crippen LogP contribution in [0.25, 0.3) is 0 Å². The molecular weight excluding hydrogens is 418 g/mol. The Morgan fingerprint density at radius 3 is 2.33 bits per heavy atom. The molecule has 33 heavy (non-hydrogen) atoms. The zero-order valence-electron chi connectivity index (χ0n) is 18.9. The van der Waals surface area contributed by atoms with Gasteiger partial charge in [-0.15, -0.1) is 0 Å². The van der Waals surface area contributed by atoms with Crippen LogP contribution < -0.4 is 14.8 Å². The summed E-state index contributed by atoms with van der Waals surface area (Å²) in [5, 5.41) is 12.2. The van der Waals surface area contributed by atoms with E-state index in [1.54, 1.807) is 31.4 Å². The molecule has 2 N–H and O–H groups in total. The Labute approximate surface area is 194 Å². The van der Waals surface area contributed by atoms with Gasteiger partial charge in [-0.3, -0.25) is 9.59 Å². The molecule has 0 fully saturated rings. The van der Waals surface area contributed by atoms with Crippen LogP contribution in [0.1, 0.15) is 40.4 Å². The molecule has 0 heterocycles. The van der Waals surface area contributed by atoms with Crippen LogP contribution in [0.15, 0.2) is 72.8 Å². The van der Waals surface area contributed by atoms with Gasteiger partial charge in [0.2, 0.25) is 0 Å². The van der Waals surface area contributed by atoms with Gasteiger partial charge in [0, 0.05) is 17.7 Å². The van der Waals surface area contributed by atoms with Crippen molar-refractivity contribution in [2.75, 3.05) is 7.11 Å². The van der Waals surface area contributed by atoms with Crippen molar-refractivity contribution >= 4 is 11.9 Å². The summed E-state index contributed by atoms with van der Waals surface area (Å²) in [7, 11) is 1.57. The van der Waals surface area contributed by atoms with E-state index in [1.807, 2.05) is 55.5 Å². The lowest BCUT2D eigenvalue weighted by atomic mass is 9.95. The molecule has 1 atom stereocenters. The van der Waals surface area contributed by atoms with E-state index < -0.39 is 11.9 Å². The molecule has 6 heteroatoms. The van der Waals surface area contributed by atoms with Crippen molar-refractivity contribution in [3.05, 3.63) is 95.1 Å². The molecule has 0 spiro atoms. The first-order valence-electron chi connectivity index (χ1n) is 10.9. The topological polar surface area (TPSA) is 84.9 Å². The number of hydrogen-bond donors (Lipinski definition) is 2. The number of carbonyl (C=O) groups excluding carboxylic acids is 1. The fourth-order valence-electron chi connectivity index (χ4n) is 3.51. The zero-order chi connectivity index (χ0) is 23.6. The Balaban J connectivity index is 1.60. The van der Waals surface area contributed by atoms with Crippen molar-refractivity contribution in [2.24, 2.45) is 5.92 Å². The molecule has 0 aliphatic carbocycles. The highest BCUT2D eigenvalue weighted by Gasteiger charge is 2.17. The van der Waals surface area contributed by atoms with E-state index in [4.69, 9.17) is 9.47 Å². The number of methoxy groups -OCH3 is 1. The summed E-state index contributed by atoms with van der Waals surface area (Å²) in [6.45, 7) is 2.59. The molecule has 0 saturated carbocycles. The standard InChI is InChI=1S/C27H29NO5/c1-3-21(27(30)31)15-20-9-14-25(32-2)23(16-20)17-28-26(29)22-10-12-24(13-11-22)33-18-19-7-5-4-6-8-19/h4-14,16,21H,3,15,17-18H2,1-2H3,(H,28,29)(H,30,31). The molecule has 3 aromatic carbocycles. The minimum absolute atomic E-state index is 0.214. The number of rotatable bonds is 11. The number of nitrogens with one attached hydrogen (secondary N) is 1. The highest BCUT2D eigenvalue weighted by atomic mass is 16.5. The molecule has 0 saturated heterocycles. The maximum atomic E-state index is 12.6. The summed E-state index contributed by atoms with van der Waals surface area (Å²) < 4.78 is 11.2. The fourth-order valence-corrected chi connectivity index (χ4v) is 3.51. The van der Waals surface area contributed by atoms with E-state index in [2.05, 4.69) is 5.32 Å². The van der Waals surface area contributed by atoms with E-state index in [0.29, 0.717) is 36.5 Å². The molecule has 6 nitrogen and oxygen atoms in total. The normalized spacial score (nSPS) is 11.5. The van der Waals surface area contributed by atoms with Gasteiger partial charge in [-0.2, -0.15) is 0 Å². The second-order valence-electron chi connectivity index (χ2n) is 7.78. The minimum Gasteiger partial charge on any atom is -0.496 e. The maximum Gasteiger partial charge on any atom is 0.306 e. The summed E-state index contributed by atoms with van der Waals surface area (Å²) in [4.78, 5) is 24.0. The Bertz CT molecular complexity index is 1060. The van der Waals surface area contributed by atoms with Crippen molar-refractivity contribution in [1.29, 1.82) is 0 Å². The first-order valence-corrected chi connectivity index (χ1v) is 10.9. The molecule has 0 aromatic heterocycles. The van der Waals surface area contributed by atoms with Crippen molar-refractivity contribution in [1.82, 2.24) is 5.32 Å². The largest absolute Gasteiger partial charge is 0.496 e. The van der Waals surface area contributed by atoms with Crippen molar-refractivity contribution in [3.63, 3.8) is 0 Å². The molecule has 0 bridgehead atoms. The molecule has 1 unspecified atom stereocenters. The van der Waals surface area contributed by atoms with Gasteiger partial charge < -0.3 is 19.9 Å². The Morgan fingerprint density at radius 1 is 0.970 bits per heavy atom. The van der Waals surface area contributed by atoms with E-state index in [1.165, 1.54) is 0 Å². The van der Waals surface area contributed by atoms with E-state index in [-0.39, 0.29) is 12.5 Å². The van der Waals surface area contributed by atoms with Crippen LogP contribution in [-0.2, 0) is 24.4 Å². The number of carbonyl (C=O) groups is 2. The third-order valence-electron chi connectivity index (χ3n) is 5.47. The first-order chi connectivity index (χ1) is 16.0. The van der Waals surface area contributed by atoms with Gasteiger partial charge in [-0.25, -0.2) is 0 Å². The summed E-state index contributed by atoms with van der Waals surface area (Å²) in [5.41, 5.74) is 3.29. The van der Waals surface area contributed by atoms with Gasteiger partial charge >= 0.3 is 5.97 Å². The van der Waals surface area contributed by atoms with E-state index in [0.717, 1.165) is 16.7 Å². The van der Waals surface area contributed by atoms with Crippen LogP contribution in [-0.4, -0.2) is 24.1 Å².